The van der Waals surface area contributed by atoms with Crippen LogP contribution in [0.2, 0.25) is 0 Å². The van der Waals surface area contributed by atoms with Crippen LogP contribution in [0.25, 0.3) is 0 Å². The molecule has 2 amide bonds. The number of methoxy groups -OCH3 is 1. The summed E-state index contributed by atoms with van der Waals surface area (Å²) >= 11 is 0. The van der Waals surface area contributed by atoms with E-state index in [1.165, 1.54) is 13.2 Å². The summed E-state index contributed by atoms with van der Waals surface area (Å²) in [5, 5.41) is 5.40. The number of rotatable bonds is 6. The van der Waals surface area contributed by atoms with Gasteiger partial charge < -0.3 is 20.1 Å². The molecule has 0 aromatic heterocycles. The number of ether oxygens (including phenoxy) is 2. The van der Waals surface area contributed by atoms with E-state index in [9.17, 15) is 14.4 Å². The van der Waals surface area contributed by atoms with Crippen LogP contribution >= 0.6 is 0 Å². The number of hydrogen-bond acceptors (Lipinski definition) is 5. The highest BCUT2D eigenvalue weighted by Gasteiger charge is 2.55. The van der Waals surface area contributed by atoms with Crippen molar-refractivity contribution in [1.82, 2.24) is 10.6 Å². The maximum Gasteiger partial charge on any atom is 0.408 e. The summed E-state index contributed by atoms with van der Waals surface area (Å²) in [7, 11) is 1.31. The van der Waals surface area contributed by atoms with Gasteiger partial charge in [-0.2, -0.15) is 0 Å². The predicted octanol–water partition coefficient (Wildman–Crippen LogP) is 2.08. The Bertz CT molecular complexity index is 622. The lowest BCUT2D eigenvalue weighted by molar-refractivity contribution is -0.152. The SMILES string of the molecule is C=CC[C@@H](NC(=O)OC(C)(C)C)C(=O)N[C@@]1(C(=O)OC)C[C@H]2C=C[C@@H]1C2. The number of carbonyl (C=O) groups excluding carboxylic acids is 3. The molecule has 0 radical (unpaired) electrons. The molecule has 1 saturated carbocycles. The van der Waals surface area contributed by atoms with Gasteiger partial charge in [0.1, 0.15) is 17.2 Å². The monoisotopic (exact) mass is 364 g/mol. The smallest absolute Gasteiger partial charge is 0.408 e. The highest BCUT2D eigenvalue weighted by molar-refractivity contribution is 5.93. The molecule has 0 heterocycles. The van der Waals surface area contributed by atoms with Crippen molar-refractivity contribution in [2.24, 2.45) is 11.8 Å². The van der Waals surface area contributed by atoms with Gasteiger partial charge in [-0.25, -0.2) is 9.59 Å². The van der Waals surface area contributed by atoms with E-state index in [1.807, 2.05) is 6.08 Å². The molecule has 2 aliphatic carbocycles. The Balaban J connectivity index is 2.12. The van der Waals surface area contributed by atoms with Gasteiger partial charge in [-0.05, 0) is 46.0 Å². The minimum Gasteiger partial charge on any atom is -0.467 e. The van der Waals surface area contributed by atoms with Gasteiger partial charge in [-0.1, -0.05) is 18.2 Å². The molecule has 7 heteroatoms. The zero-order valence-electron chi connectivity index (χ0n) is 15.8. The first-order valence-corrected chi connectivity index (χ1v) is 8.80. The van der Waals surface area contributed by atoms with E-state index in [2.05, 4.69) is 23.3 Å². The number of hydrogen-bond donors (Lipinski definition) is 2. The molecule has 2 rings (SSSR count). The summed E-state index contributed by atoms with van der Waals surface area (Å²) in [6.45, 7) is 8.85. The summed E-state index contributed by atoms with van der Waals surface area (Å²) < 4.78 is 10.2. The molecule has 0 spiro atoms. The molecule has 0 aromatic rings. The topological polar surface area (TPSA) is 93.7 Å². The van der Waals surface area contributed by atoms with E-state index in [-0.39, 0.29) is 18.3 Å². The molecule has 144 valence electrons. The number of carbonyl (C=O) groups is 3. The van der Waals surface area contributed by atoms with Crippen molar-refractivity contribution in [3.8, 4) is 0 Å². The van der Waals surface area contributed by atoms with Gasteiger partial charge in [0.2, 0.25) is 5.91 Å². The molecule has 0 aliphatic heterocycles. The third-order valence-electron chi connectivity index (χ3n) is 4.70. The van der Waals surface area contributed by atoms with E-state index in [1.54, 1.807) is 20.8 Å². The van der Waals surface area contributed by atoms with Crippen molar-refractivity contribution in [2.45, 2.75) is 57.2 Å². The van der Waals surface area contributed by atoms with Crippen LogP contribution in [-0.4, -0.2) is 42.3 Å². The van der Waals surface area contributed by atoms with E-state index >= 15 is 0 Å². The van der Waals surface area contributed by atoms with Crippen LogP contribution in [0.15, 0.2) is 24.8 Å². The van der Waals surface area contributed by atoms with Crippen LogP contribution in [0, 0.1) is 11.8 Å². The molecular formula is C19H28N2O5. The third kappa shape index (κ3) is 4.26. The fourth-order valence-electron chi connectivity index (χ4n) is 3.62. The first kappa shape index (κ1) is 20.0. The van der Waals surface area contributed by atoms with Gasteiger partial charge in [0.15, 0.2) is 0 Å². The fourth-order valence-corrected chi connectivity index (χ4v) is 3.62. The van der Waals surface area contributed by atoms with Gasteiger partial charge in [0.05, 0.1) is 7.11 Å². The average Bonchev–Trinajstić information content (AvgIpc) is 3.13. The molecule has 2 N–H and O–H groups in total. The van der Waals surface area contributed by atoms with Crippen molar-refractivity contribution in [2.75, 3.05) is 7.11 Å². The minimum absolute atomic E-state index is 0.102. The van der Waals surface area contributed by atoms with E-state index in [0.717, 1.165) is 6.42 Å². The number of esters is 1. The second-order valence-electron chi connectivity index (χ2n) is 7.87. The first-order chi connectivity index (χ1) is 12.1. The van der Waals surface area contributed by atoms with Gasteiger partial charge >= 0.3 is 12.1 Å². The normalized spacial score (nSPS) is 27.5. The van der Waals surface area contributed by atoms with Crippen molar-refractivity contribution < 1.29 is 23.9 Å². The molecule has 0 unspecified atom stereocenters. The molecule has 2 aliphatic rings. The van der Waals surface area contributed by atoms with Gasteiger partial charge in [0, 0.05) is 5.92 Å². The lowest BCUT2D eigenvalue weighted by atomic mass is 9.84. The van der Waals surface area contributed by atoms with E-state index < -0.39 is 35.2 Å². The lowest BCUT2D eigenvalue weighted by Gasteiger charge is -2.35. The number of amides is 2. The fraction of sp³-hybridized carbons (Fsp3) is 0.632. The Labute approximate surface area is 154 Å². The zero-order valence-corrected chi connectivity index (χ0v) is 15.8. The maximum absolute atomic E-state index is 12.8. The molecule has 1 fully saturated rings. The molecule has 7 nitrogen and oxygen atoms in total. The van der Waals surface area contributed by atoms with Crippen molar-refractivity contribution in [1.29, 1.82) is 0 Å². The second-order valence-corrected chi connectivity index (χ2v) is 7.87. The maximum atomic E-state index is 12.8. The van der Waals surface area contributed by atoms with E-state index in [4.69, 9.17) is 9.47 Å². The van der Waals surface area contributed by atoms with Crippen molar-refractivity contribution in [3.05, 3.63) is 24.8 Å². The molecule has 4 atom stereocenters. The average molecular weight is 364 g/mol. The van der Waals surface area contributed by atoms with Crippen LogP contribution in [0.1, 0.15) is 40.0 Å². The predicted molar refractivity (Wildman–Crippen MR) is 96.2 cm³/mol. The Morgan fingerprint density at radius 3 is 2.50 bits per heavy atom. The van der Waals surface area contributed by atoms with Crippen LogP contribution in [-0.2, 0) is 19.1 Å². The Morgan fingerprint density at radius 1 is 1.35 bits per heavy atom. The van der Waals surface area contributed by atoms with E-state index in [0.29, 0.717) is 6.42 Å². The highest BCUT2D eigenvalue weighted by atomic mass is 16.6. The first-order valence-electron chi connectivity index (χ1n) is 8.80. The number of fused-ring (bicyclic) bond motifs is 2. The Hall–Kier alpha value is -2.31. The summed E-state index contributed by atoms with van der Waals surface area (Å²) in [6.07, 6.45) is 6.38. The minimum atomic E-state index is -1.08. The molecule has 0 saturated heterocycles. The van der Waals surface area contributed by atoms with Crippen LogP contribution in [0.3, 0.4) is 0 Å². The lowest BCUT2D eigenvalue weighted by Crippen LogP contribution is -2.61. The largest absolute Gasteiger partial charge is 0.467 e. The third-order valence-corrected chi connectivity index (χ3v) is 4.70. The van der Waals surface area contributed by atoms with Gasteiger partial charge in [-0.3, -0.25) is 4.79 Å². The standard InChI is InChI=1S/C19H28N2O5/c1-6-7-14(20-17(24)26-18(2,3)4)15(22)21-19(16(23)25-5)11-12-8-9-13(19)10-12/h6,8-9,12-14H,1,7,10-11H2,2-5H3,(H,20,24)(H,21,22)/t12-,13+,14+,19-/m0/s1. The number of alkyl carbamates (subject to hydrolysis) is 1. The quantitative estimate of drug-likeness (QED) is 0.556. The van der Waals surface area contributed by atoms with Crippen LogP contribution < -0.4 is 10.6 Å². The summed E-state index contributed by atoms with van der Waals surface area (Å²) in [6, 6.07) is -0.882. The molecule has 26 heavy (non-hydrogen) atoms. The zero-order chi connectivity index (χ0) is 19.5. The van der Waals surface area contributed by atoms with Crippen LogP contribution in [0.4, 0.5) is 4.79 Å². The highest BCUT2D eigenvalue weighted by Crippen LogP contribution is 2.47. The summed E-state index contributed by atoms with van der Waals surface area (Å²) in [4.78, 5) is 37.3. The number of allylic oxidation sites excluding steroid dienone is 1. The molecule has 0 aromatic carbocycles. The number of nitrogens with one attached hydrogen (secondary N) is 2. The van der Waals surface area contributed by atoms with Gasteiger partial charge in [-0.15, -0.1) is 6.58 Å². The Kier molecular flexibility index (Phi) is 5.78. The Morgan fingerprint density at radius 2 is 2.04 bits per heavy atom. The summed E-state index contributed by atoms with van der Waals surface area (Å²) in [5.74, 6) is -0.773. The van der Waals surface area contributed by atoms with Crippen LogP contribution in [0.5, 0.6) is 0 Å². The van der Waals surface area contributed by atoms with Crippen molar-refractivity contribution in [3.63, 3.8) is 0 Å². The molecular weight excluding hydrogens is 336 g/mol. The molecule has 2 bridgehead atoms. The van der Waals surface area contributed by atoms with Crippen molar-refractivity contribution >= 4 is 18.0 Å². The second kappa shape index (κ2) is 7.51. The summed E-state index contributed by atoms with van der Waals surface area (Å²) in [5.41, 5.74) is -1.76. The van der Waals surface area contributed by atoms with Gasteiger partial charge in [0.25, 0.3) is 0 Å².